The number of amides is 1. The molecule has 1 saturated heterocycles. The van der Waals surface area contributed by atoms with Crippen LogP contribution in [0.1, 0.15) is 6.42 Å². The fourth-order valence-corrected chi connectivity index (χ4v) is 3.44. The maximum atomic E-state index is 11.0. The number of thioether (sulfide) groups is 1. The summed E-state index contributed by atoms with van der Waals surface area (Å²) in [5.41, 5.74) is 0. The van der Waals surface area contributed by atoms with Crippen LogP contribution in [-0.4, -0.2) is 31.7 Å². The van der Waals surface area contributed by atoms with E-state index in [0.29, 0.717) is 12.2 Å². The van der Waals surface area contributed by atoms with Gasteiger partial charge in [-0.05, 0) is 0 Å². The summed E-state index contributed by atoms with van der Waals surface area (Å²) in [6.45, 7) is 0. The third-order valence-corrected chi connectivity index (χ3v) is 4.53. The minimum absolute atomic E-state index is 0.0433. The topological polar surface area (TPSA) is 77.8 Å². The molecule has 5 nitrogen and oxygen atoms in total. The highest BCUT2D eigenvalue weighted by Gasteiger charge is 2.40. The minimum Gasteiger partial charge on any atom is -0.321 e. The highest BCUT2D eigenvalue weighted by Crippen LogP contribution is 2.50. The van der Waals surface area contributed by atoms with E-state index in [2.05, 4.69) is 0 Å². The molecule has 1 fully saturated rings. The minimum atomic E-state index is -4.15. The summed E-state index contributed by atoms with van der Waals surface area (Å²) in [6.07, 6.45) is 1.78. The summed E-state index contributed by atoms with van der Waals surface area (Å²) in [4.78, 5) is 30.0. The van der Waals surface area contributed by atoms with Crippen molar-refractivity contribution in [1.82, 2.24) is 4.90 Å². The van der Waals surface area contributed by atoms with Crippen LogP contribution in [-0.2, 0) is 9.36 Å². The lowest BCUT2D eigenvalue weighted by atomic mass is 10.2. The molecule has 0 radical (unpaired) electrons. The van der Waals surface area contributed by atoms with E-state index in [1.807, 2.05) is 0 Å². The molecule has 1 amide bonds. The molecule has 0 bridgehead atoms. The second-order valence-electron chi connectivity index (χ2n) is 2.94. The second-order valence-corrected chi connectivity index (χ2v) is 5.76. The Labute approximate surface area is 79.0 Å². The van der Waals surface area contributed by atoms with Crippen molar-refractivity contribution < 1.29 is 19.1 Å². The van der Waals surface area contributed by atoms with Crippen LogP contribution in [0.4, 0.5) is 0 Å². The number of nitrogens with zero attached hydrogens (tertiary/aromatic N) is 1. The molecule has 2 aliphatic heterocycles. The molecular formula is C6H8NO4PS. The van der Waals surface area contributed by atoms with E-state index < -0.39 is 7.60 Å². The standard InChI is InChI=1S/C6H8NO4PS/c8-5-1-6-7(5)2-4(3-13-6)12(9,10)11/h2,6H,1,3H2,(H2,9,10,11)/t6-/m0/s1. The summed E-state index contributed by atoms with van der Waals surface area (Å²) in [5, 5.41) is 0.143. The Morgan fingerprint density at radius 3 is 2.85 bits per heavy atom. The van der Waals surface area contributed by atoms with E-state index in [9.17, 15) is 9.36 Å². The Kier molecular flexibility index (Phi) is 2.03. The summed E-state index contributed by atoms with van der Waals surface area (Å²) >= 11 is 1.40. The molecular weight excluding hydrogens is 213 g/mol. The SMILES string of the molecule is O=C1C[C@@H]2SCC(P(=O)(O)O)=CN12. The van der Waals surface area contributed by atoms with Gasteiger partial charge in [-0.1, -0.05) is 0 Å². The van der Waals surface area contributed by atoms with Crippen LogP contribution in [0.3, 0.4) is 0 Å². The number of carbonyl (C=O) groups is 1. The van der Waals surface area contributed by atoms with Gasteiger partial charge in [-0.15, -0.1) is 11.8 Å². The van der Waals surface area contributed by atoms with E-state index in [0.717, 1.165) is 0 Å². The predicted octanol–water partition coefficient (Wildman–Crippen LogP) is 0.311. The maximum Gasteiger partial charge on any atom is 0.354 e. The first-order valence-corrected chi connectivity index (χ1v) is 6.34. The van der Waals surface area contributed by atoms with Crippen LogP contribution < -0.4 is 0 Å². The normalized spacial score (nSPS) is 27.8. The van der Waals surface area contributed by atoms with Crippen molar-refractivity contribution in [2.24, 2.45) is 0 Å². The van der Waals surface area contributed by atoms with Crippen LogP contribution in [0.2, 0.25) is 0 Å². The predicted molar refractivity (Wildman–Crippen MR) is 47.8 cm³/mol. The molecule has 0 aromatic carbocycles. The Hall–Kier alpha value is -0.290. The molecule has 2 rings (SSSR count). The Morgan fingerprint density at radius 1 is 1.62 bits per heavy atom. The molecule has 0 saturated carbocycles. The third-order valence-electron chi connectivity index (χ3n) is 2.03. The summed E-state index contributed by atoms with van der Waals surface area (Å²) < 4.78 is 10.8. The van der Waals surface area contributed by atoms with Crippen LogP contribution in [0.5, 0.6) is 0 Å². The molecule has 2 N–H and O–H groups in total. The molecule has 0 spiro atoms. The van der Waals surface area contributed by atoms with Gasteiger partial charge in [-0.3, -0.25) is 9.36 Å². The van der Waals surface area contributed by atoms with Crippen molar-refractivity contribution in [2.45, 2.75) is 11.8 Å². The molecule has 0 aromatic rings. The van der Waals surface area contributed by atoms with Crippen molar-refractivity contribution in [3.63, 3.8) is 0 Å². The molecule has 0 unspecified atom stereocenters. The number of hydrogen-bond donors (Lipinski definition) is 2. The smallest absolute Gasteiger partial charge is 0.321 e. The molecule has 1 atom stereocenters. The number of rotatable bonds is 1. The van der Waals surface area contributed by atoms with E-state index in [1.165, 1.54) is 22.9 Å². The van der Waals surface area contributed by atoms with Crippen molar-refractivity contribution in [3.8, 4) is 0 Å². The Bertz CT molecular complexity index is 336. The third kappa shape index (κ3) is 1.55. The molecule has 72 valence electrons. The van der Waals surface area contributed by atoms with Gasteiger partial charge in [0.25, 0.3) is 0 Å². The lowest BCUT2D eigenvalue weighted by molar-refractivity contribution is -0.137. The van der Waals surface area contributed by atoms with Gasteiger partial charge in [0, 0.05) is 12.0 Å². The van der Waals surface area contributed by atoms with Gasteiger partial charge in [0.1, 0.15) is 0 Å². The summed E-state index contributed by atoms with van der Waals surface area (Å²) in [7, 11) is -4.15. The van der Waals surface area contributed by atoms with Crippen LogP contribution >= 0.6 is 19.4 Å². The van der Waals surface area contributed by atoms with Gasteiger partial charge < -0.3 is 14.7 Å². The van der Waals surface area contributed by atoms with Gasteiger partial charge in [-0.2, -0.15) is 0 Å². The van der Waals surface area contributed by atoms with E-state index in [-0.39, 0.29) is 16.6 Å². The summed E-state index contributed by atoms with van der Waals surface area (Å²) in [5.74, 6) is 0.252. The molecule has 7 heteroatoms. The highest BCUT2D eigenvalue weighted by molar-refractivity contribution is 8.00. The van der Waals surface area contributed by atoms with Gasteiger partial charge in [0.2, 0.25) is 5.91 Å². The zero-order valence-electron chi connectivity index (χ0n) is 6.58. The van der Waals surface area contributed by atoms with Crippen LogP contribution in [0.25, 0.3) is 0 Å². The Morgan fingerprint density at radius 2 is 2.31 bits per heavy atom. The van der Waals surface area contributed by atoms with Crippen molar-refractivity contribution in [3.05, 3.63) is 11.5 Å². The zero-order chi connectivity index (χ0) is 9.64. The monoisotopic (exact) mass is 221 g/mol. The van der Waals surface area contributed by atoms with Crippen molar-refractivity contribution >= 4 is 25.3 Å². The molecule has 2 aliphatic rings. The van der Waals surface area contributed by atoms with Gasteiger partial charge in [0.05, 0.1) is 17.1 Å². The number of carbonyl (C=O) groups excluding carboxylic acids is 1. The first-order chi connectivity index (χ1) is 5.98. The fraction of sp³-hybridized carbons (Fsp3) is 0.500. The van der Waals surface area contributed by atoms with Crippen molar-refractivity contribution in [1.29, 1.82) is 0 Å². The summed E-state index contributed by atoms with van der Waals surface area (Å²) in [6, 6.07) is 0. The molecule has 0 aromatic heterocycles. The lowest BCUT2D eigenvalue weighted by Gasteiger charge is -2.40. The first-order valence-electron chi connectivity index (χ1n) is 3.68. The van der Waals surface area contributed by atoms with Gasteiger partial charge in [-0.25, -0.2) is 0 Å². The van der Waals surface area contributed by atoms with Crippen LogP contribution in [0, 0.1) is 0 Å². The van der Waals surface area contributed by atoms with Crippen molar-refractivity contribution in [2.75, 3.05) is 5.75 Å². The maximum absolute atomic E-state index is 11.0. The van der Waals surface area contributed by atoms with Crippen LogP contribution in [0.15, 0.2) is 11.5 Å². The van der Waals surface area contributed by atoms with E-state index in [4.69, 9.17) is 9.79 Å². The Balaban J connectivity index is 2.24. The molecule has 2 heterocycles. The van der Waals surface area contributed by atoms with E-state index >= 15 is 0 Å². The van der Waals surface area contributed by atoms with Gasteiger partial charge in [0.15, 0.2) is 0 Å². The number of fused-ring (bicyclic) bond motifs is 1. The highest BCUT2D eigenvalue weighted by atomic mass is 32.2. The largest absolute Gasteiger partial charge is 0.354 e. The number of β-lactam (4-membered cyclic amide) rings is 1. The molecule has 13 heavy (non-hydrogen) atoms. The van der Waals surface area contributed by atoms with Gasteiger partial charge >= 0.3 is 7.60 Å². The zero-order valence-corrected chi connectivity index (χ0v) is 8.29. The quantitative estimate of drug-likeness (QED) is 0.492. The average Bonchev–Trinajstić information content (AvgIpc) is 2.00. The number of hydrogen-bond acceptors (Lipinski definition) is 3. The first kappa shape index (κ1) is 9.27. The second kappa shape index (κ2) is 2.85. The fourth-order valence-electron chi connectivity index (χ4n) is 1.23. The average molecular weight is 221 g/mol. The lowest BCUT2D eigenvalue weighted by Crippen LogP contribution is -2.49. The van der Waals surface area contributed by atoms with E-state index in [1.54, 1.807) is 0 Å². The molecule has 0 aliphatic carbocycles.